The minimum atomic E-state index is -0.0355. The highest BCUT2D eigenvalue weighted by atomic mass is 16.1. The summed E-state index contributed by atoms with van der Waals surface area (Å²) in [4.78, 5) is 14.2. The molecule has 2 rings (SSSR count). The lowest BCUT2D eigenvalue weighted by Gasteiger charge is -2.30. The van der Waals surface area contributed by atoms with E-state index in [0.29, 0.717) is 12.1 Å². The molecule has 1 saturated heterocycles. The number of hydrogen-bond acceptors (Lipinski definition) is 3. The average molecular weight is 250 g/mol. The van der Waals surface area contributed by atoms with E-state index in [0.717, 1.165) is 31.2 Å². The molecule has 5 nitrogen and oxygen atoms in total. The first-order chi connectivity index (χ1) is 8.66. The molecule has 0 saturated carbocycles. The maximum Gasteiger partial charge on any atom is 0.254 e. The van der Waals surface area contributed by atoms with Crippen molar-refractivity contribution in [3.63, 3.8) is 0 Å². The smallest absolute Gasteiger partial charge is 0.254 e. The summed E-state index contributed by atoms with van der Waals surface area (Å²) in [6.07, 6.45) is 4.12. The fraction of sp³-hybridized carbons (Fsp3) is 0.692. The number of aryl methyl sites for hydroxylation is 1. The van der Waals surface area contributed by atoms with Gasteiger partial charge in [-0.15, -0.1) is 0 Å². The van der Waals surface area contributed by atoms with Gasteiger partial charge >= 0.3 is 0 Å². The molecule has 1 aliphatic rings. The van der Waals surface area contributed by atoms with Crippen LogP contribution in [0.15, 0.2) is 6.20 Å². The van der Waals surface area contributed by atoms with Crippen LogP contribution in [-0.4, -0.2) is 47.2 Å². The second-order valence-corrected chi connectivity index (χ2v) is 5.19. The Kier molecular flexibility index (Phi) is 4.36. The average Bonchev–Trinajstić information content (AvgIpc) is 2.78. The largest absolute Gasteiger partial charge is 0.351 e. The van der Waals surface area contributed by atoms with Gasteiger partial charge in [0.05, 0.1) is 11.8 Å². The molecule has 0 bridgehead atoms. The molecule has 0 aliphatic carbocycles. The summed E-state index contributed by atoms with van der Waals surface area (Å²) in [5.74, 6) is 0.816. The topological polar surface area (TPSA) is 61.0 Å². The molecule has 1 aromatic rings. The molecule has 1 aromatic heterocycles. The molecule has 18 heavy (non-hydrogen) atoms. The molecule has 1 aliphatic heterocycles. The molecule has 100 valence electrons. The van der Waals surface area contributed by atoms with Crippen molar-refractivity contribution >= 4 is 5.91 Å². The number of piperidine rings is 1. The van der Waals surface area contributed by atoms with Gasteiger partial charge in [-0.3, -0.25) is 9.89 Å². The molecule has 5 heteroatoms. The summed E-state index contributed by atoms with van der Waals surface area (Å²) in [6, 6.07) is 0. The van der Waals surface area contributed by atoms with Crippen molar-refractivity contribution in [2.75, 3.05) is 26.2 Å². The fourth-order valence-corrected chi connectivity index (χ4v) is 2.29. The Morgan fingerprint density at radius 1 is 1.56 bits per heavy atom. The summed E-state index contributed by atoms with van der Waals surface area (Å²) < 4.78 is 0. The molecular formula is C13H22N4O. The number of hydrogen-bond donors (Lipinski definition) is 2. The van der Waals surface area contributed by atoms with Crippen molar-refractivity contribution < 1.29 is 4.79 Å². The Balaban J connectivity index is 1.69. The number of rotatable bonds is 4. The van der Waals surface area contributed by atoms with Crippen LogP contribution in [0.3, 0.4) is 0 Å². The minimum Gasteiger partial charge on any atom is -0.351 e. The predicted octanol–water partition coefficient (Wildman–Crippen LogP) is 1.18. The van der Waals surface area contributed by atoms with Crippen molar-refractivity contribution in [2.24, 2.45) is 5.92 Å². The maximum atomic E-state index is 11.8. The molecule has 0 unspecified atom stereocenters. The van der Waals surface area contributed by atoms with Gasteiger partial charge in [0.1, 0.15) is 0 Å². The highest BCUT2D eigenvalue weighted by Crippen LogP contribution is 2.15. The number of carbonyl (C=O) groups is 1. The van der Waals surface area contributed by atoms with Gasteiger partial charge in [-0.2, -0.15) is 5.10 Å². The van der Waals surface area contributed by atoms with Gasteiger partial charge in [0.15, 0.2) is 0 Å². The standard InChI is InChI=1S/C13H22N4O/c1-10-3-6-17(7-4-10)8-5-14-13(18)12-9-15-16-11(12)2/h9-10H,3-8H2,1-2H3,(H,14,18)(H,15,16). The molecule has 0 aromatic carbocycles. The fourth-order valence-electron chi connectivity index (χ4n) is 2.29. The van der Waals surface area contributed by atoms with Gasteiger partial charge in [0.2, 0.25) is 0 Å². The van der Waals surface area contributed by atoms with Gasteiger partial charge < -0.3 is 10.2 Å². The van der Waals surface area contributed by atoms with E-state index in [1.807, 2.05) is 6.92 Å². The van der Waals surface area contributed by atoms with Crippen LogP contribution < -0.4 is 5.32 Å². The number of H-pyrrole nitrogens is 1. The number of nitrogens with one attached hydrogen (secondary N) is 2. The lowest BCUT2D eigenvalue weighted by Crippen LogP contribution is -2.39. The molecule has 0 radical (unpaired) electrons. The Bertz CT molecular complexity index is 393. The van der Waals surface area contributed by atoms with Crippen LogP contribution in [0.2, 0.25) is 0 Å². The maximum absolute atomic E-state index is 11.8. The van der Waals surface area contributed by atoms with Crippen LogP contribution in [0.1, 0.15) is 35.8 Å². The summed E-state index contributed by atoms with van der Waals surface area (Å²) in [7, 11) is 0. The Hall–Kier alpha value is -1.36. The molecule has 1 fully saturated rings. The van der Waals surface area contributed by atoms with Crippen molar-refractivity contribution in [2.45, 2.75) is 26.7 Å². The number of nitrogens with zero attached hydrogens (tertiary/aromatic N) is 2. The normalized spacial score (nSPS) is 17.9. The van der Waals surface area contributed by atoms with Gasteiger partial charge in [-0.05, 0) is 38.8 Å². The van der Waals surface area contributed by atoms with Crippen molar-refractivity contribution in [3.05, 3.63) is 17.5 Å². The van der Waals surface area contributed by atoms with E-state index in [-0.39, 0.29) is 5.91 Å². The number of likely N-dealkylation sites (tertiary alicyclic amines) is 1. The SMILES string of the molecule is Cc1[nH]ncc1C(=O)NCCN1CCC(C)CC1. The van der Waals surface area contributed by atoms with E-state index < -0.39 is 0 Å². The Labute approximate surface area is 108 Å². The van der Waals surface area contributed by atoms with Crippen LogP contribution in [0.25, 0.3) is 0 Å². The minimum absolute atomic E-state index is 0.0355. The number of amides is 1. The van der Waals surface area contributed by atoms with Gasteiger partial charge in [-0.1, -0.05) is 6.92 Å². The highest BCUT2D eigenvalue weighted by molar-refractivity contribution is 5.94. The highest BCUT2D eigenvalue weighted by Gasteiger charge is 2.15. The number of aromatic nitrogens is 2. The predicted molar refractivity (Wildman–Crippen MR) is 70.5 cm³/mol. The van der Waals surface area contributed by atoms with E-state index in [1.165, 1.54) is 12.8 Å². The lowest BCUT2D eigenvalue weighted by molar-refractivity contribution is 0.0944. The Morgan fingerprint density at radius 2 is 2.28 bits per heavy atom. The van der Waals surface area contributed by atoms with Crippen molar-refractivity contribution in [3.8, 4) is 0 Å². The first-order valence-electron chi connectivity index (χ1n) is 6.67. The third-order valence-corrected chi connectivity index (χ3v) is 3.66. The first kappa shape index (κ1) is 13.1. The van der Waals surface area contributed by atoms with Gasteiger partial charge in [0, 0.05) is 18.8 Å². The zero-order valence-electron chi connectivity index (χ0n) is 11.2. The van der Waals surface area contributed by atoms with Crippen LogP contribution in [-0.2, 0) is 0 Å². The summed E-state index contributed by atoms with van der Waals surface area (Å²) >= 11 is 0. The van der Waals surface area contributed by atoms with Gasteiger partial charge in [0.25, 0.3) is 5.91 Å². The summed E-state index contributed by atoms with van der Waals surface area (Å²) in [5.41, 5.74) is 1.46. The molecule has 2 N–H and O–H groups in total. The molecule has 1 amide bonds. The monoisotopic (exact) mass is 250 g/mol. The Morgan fingerprint density at radius 3 is 2.89 bits per heavy atom. The van der Waals surface area contributed by atoms with E-state index in [4.69, 9.17) is 0 Å². The third-order valence-electron chi connectivity index (χ3n) is 3.66. The summed E-state index contributed by atoms with van der Waals surface area (Å²) in [5, 5.41) is 9.57. The van der Waals surface area contributed by atoms with Crippen LogP contribution >= 0.6 is 0 Å². The second-order valence-electron chi connectivity index (χ2n) is 5.19. The van der Waals surface area contributed by atoms with Gasteiger partial charge in [-0.25, -0.2) is 0 Å². The number of carbonyl (C=O) groups excluding carboxylic acids is 1. The zero-order chi connectivity index (χ0) is 13.0. The molecule has 2 heterocycles. The molecule has 0 spiro atoms. The second kappa shape index (κ2) is 6.00. The summed E-state index contributed by atoms with van der Waals surface area (Å²) in [6.45, 7) is 8.12. The quantitative estimate of drug-likeness (QED) is 0.843. The first-order valence-corrected chi connectivity index (χ1v) is 6.67. The van der Waals surface area contributed by atoms with Crippen LogP contribution in [0.5, 0.6) is 0 Å². The third kappa shape index (κ3) is 3.32. The van der Waals surface area contributed by atoms with Crippen molar-refractivity contribution in [1.29, 1.82) is 0 Å². The zero-order valence-corrected chi connectivity index (χ0v) is 11.2. The number of aromatic amines is 1. The van der Waals surface area contributed by atoms with E-state index >= 15 is 0 Å². The van der Waals surface area contributed by atoms with Crippen molar-refractivity contribution in [1.82, 2.24) is 20.4 Å². The molecular weight excluding hydrogens is 228 g/mol. The van der Waals surface area contributed by atoms with Crippen LogP contribution in [0, 0.1) is 12.8 Å². The lowest BCUT2D eigenvalue weighted by atomic mass is 9.99. The van der Waals surface area contributed by atoms with E-state index in [1.54, 1.807) is 6.20 Å². The van der Waals surface area contributed by atoms with E-state index in [9.17, 15) is 4.79 Å². The van der Waals surface area contributed by atoms with Crippen LogP contribution in [0.4, 0.5) is 0 Å². The molecule has 0 atom stereocenters. The van der Waals surface area contributed by atoms with E-state index in [2.05, 4.69) is 27.3 Å².